The first-order valence-corrected chi connectivity index (χ1v) is 7.54. The number of methoxy groups -OCH3 is 1. The first-order chi connectivity index (χ1) is 8.63. The second-order valence-corrected chi connectivity index (χ2v) is 6.42. The highest BCUT2D eigenvalue weighted by Crippen LogP contribution is 2.36. The molecule has 2 fully saturated rings. The van der Waals surface area contributed by atoms with Gasteiger partial charge in [-0.3, -0.25) is 0 Å². The molecule has 2 saturated carbocycles. The fraction of sp³-hybridized carbons (Fsp3) is 1.00. The number of nitrogens with one attached hydrogen (secondary N) is 1. The fourth-order valence-corrected chi connectivity index (χ4v) is 3.23. The summed E-state index contributed by atoms with van der Waals surface area (Å²) >= 11 is 0. The lowest BCUT2D eigenvalue weighted by molar-refractivity contribution is -0.130. The molecule has 3 heteroatoms. The van der Waals surface area contributed by atoms with Crippen molar-refractivity contribution in [3.63, 3.8) is 0 Å². The lowest BCUT2D eigenvalue weighted by Gasteiger charge is -2.42. The van der Waals surface area contributed by atoms with E-state index in [2.05, 4.69) is 19.2 Å². The molecule has 1 N–H and O–H groups in total. The van der Waals surface area contributed by atoms with Gasteiger partial charge in [-0.1, -0.05) is 19.8 Å². The third-order valence-corrected chi connectivity index (χ3v) is 4.19. The molecule has 3 unspecified atom stereocenters. The first kappa shape index (κ1) is 14.3. The summed E-state index contributed by atoms with van der Waals surface area (Å²) in [5, 5.41) is 3.67. The molecule has 106 valence electrons. The summed E-state index contributed by atoms with van der Waals surface area (Å²) in [5.74, 6) is 0.787. The minimum atomic E-state index is 0.0538. The molecule has 0 aromatic carbocycles. The van der Waals surface area contributed by atoms with E-state index in [9.17, 15) is 0 Å². The summed E-state index contributed by atoms with van der Waals surface area (Å²) in [6.45, 7) is 6.20. The van der Waals surface area contributed by atoms with Gasteiger partial charge < -0.3 is 14.8 Å². The van der Waals surface area contributed by atoms with Crippen LogP contribution in [0.1, 0.15) is 52.4 Å². The Morgan fingerprint density at radius 2 is 2.11 bits per heavy atom. The van der Waals surface area contributed by atoms with Crippen molar-refractivity contribution >= 4 is 0 Å². The third-order valence-electron chi connectivity index (χ3n) is 4.19. The zero-order valence-electron chi connectivity index (χ0n) is 12.2. The highest BCUT2D eigenvalue weighted by atomic mass is 16.5. The summed E-state index contributed by atoms with van der Waals surface area (Å²) in [7, 11) is 1.75. The molecule has 0 radical (unpaired) electrons. The van der Waals surface area contributed by atoms with Gasteiger partial charge >= 0.3 is 0 Å². The highest BCUT2D eigenvalue weighted by Gasteiger charge is 2.38. The van der Waals surface area contributed by atoms with Crippen molar-refractivity contribution < 1.29 is 9.47 Å². The largest absolute Gasteiger partial charge is 0.382 e. The highest BCUT2D eigenvalue weighted by molar-refractivity contribution is 4.93. The number of hydrogen-bond donors (Lipinski definition) is 1. The van der Waals surface area contributed by atoms with E-state index in [0.717, 1.165) is 18.5 Å². The Morgan fingerprint density at radius 3 is 2.72 bits per heavy atom. The maximum absolute atomic E-state index is 6.38. The van der Waals surface area contributed by atoms with Gasteiger partial charge in [-0.25, -0.2) is 0 Å². The van der Waals surface area contributed by atoms with Crippen molar-refractivity contribution in [1.82, 2.24) is 5.32 Å². The van der Waals surface area contributed by atoms with Gasteiger partial charge in [-0.2, -0.15) is 0 Å². The van der Waals surface area contributed by atoms with Crippen molar-refractivity contribution in [2.24, 2.45) is 5.92 Å². The van der Waals surface area contributed by atoms with Crippen LogP contribution in [-0.2, 0) is 9.47 Å². The van der Waals surface area contributed by atoms with Crippen LogP contribution in [0.3, 0.4) is 0 Å². The van der Waals surface area contributed by atoms with Crippen LogP contribution < -0.4 is 5.32 Å². The molecule has 0 aliphatic heterocycles. The lowest BCUT2D eigenvalue weighted by Crippen LogP contribution is -2.49. The van der Waals surface area contributed by atoms with Gasteiger partial charge in [0.05, 0.1) is 18.3 Å². The van der Waals surface area contributed by atoms with Crippen LogP contribution >= 0.6 is 0 Å². The van der Waals surface area contributed by atoms with Gasteiger partial charge in [0.1, 0.15) is 0 Å². The van der Waals surface area contributed by atoms with E-state index in [1.165, 1.54) is 38.5 Å². The van der Waals surface area contributed by atoms with Gasteiger partial charge in [0.15, 0.2) is 0 Å². The lowest BCUT2D eigenvalue weighted by atomic mass is 9.78. The molecule has 0 heterocycles. The van der Waals surface area contributed by atoms with E-state index in [0.29, 0.717) is 6.61 Å². The van der Waals surface area contributed by atoms with Crippen LogP contribution in [0.4, 0.5) is 0 Å². The molecule has 0 saturated heterocycles. The summed E-state index contributed by atoms with van der Waals surface area (Å²) in [5.41, 5.74) is 0.0538. The maximum atomic E-state index is 6.38. The molecule has 2 aliphatic rings. The van der Waals surface area contributed by atoms with Gasteiger partial charge in [0.25, 0.3) is 0 Å². The zero-order chi connectivity index (χ0) is 13.0. The summed E-state index contributed by atoms with van der Waals surface area (Å²) in [4.78, 5) is 0. The molecule has 3 atom stereocenters. The Labute approximate surface area is 112 Å². The SMILES string of the molecule is COCC(C)OC1(CNC2CC2)CCCC(C)C1. The Kier molecular flexibility index (Phi) is 5.05. The average molecular weight is 255 g/mol. The molecule has 0 amide bonds. The predicted octanol–water partition coefficient (Wildman–Crippen LogP) is 2.74. The molecular weight excluding hydrogens is 226 g/mol. The van der Waals surface area contributed by atoms with Crippen LogP contribution in [0.2, 0.25) is 0 Å². The second kappa shape index (κ2) is 6.36. The fourth-order valence-electron chi connectivity index (χ4n) is 3.23. The number of hydrogen-bond acceptors (Lipinski definition) is 3. The van der Waals surface area contributed by atoms with E-state index < -0.39 is 0 Å². The van der Waals surface area contributed by atoms with E-state index >= 15 is 0 Å². The summed E-state index contributed by atoms with van der Waals surface area (Å²) < 4.78 is 11.6. The van der Waals surface area contributed by atoms with Crippen molar-refractivity contribution in [2.75, 3.05) is 20.3 Å². The zero-order valence-corrected chi connectivity index (χ0v) is 12.2. The molecule has 0 spiro atoms. The van der Waals surface area contributed by atoms with Gasteiger partial charge in [0, 0.05) is 19.7 Å². The Balaban J connectivity index is 1.90. The molecule has 3 nitrogen and oxygen atoms in total. The molecule has 0 aromatic rings. The first-order valence-electron chi connectivity index (χ1n) is 7.54. The van der Waals surface area contributed by atoms with Crippen LogP contribution in [0, 0.1) is 5.92 Å². The average Bonchev–Trinajstić information content (AvgIpc) is 3.10. The van der Waals surface area contributed by atoms with Crippen LogP contribution in [0.5, 0.6) is 0 Å². The molecule has 2 aliphatic carbocycles. The van der Waals surface area contributed by atoms with Crippen LogP contribution in [-0.4, -0.2) is 38.0 Å². The molecule has 0 aromatic heterocycles. The summed E-state index contributed by atoms with van der Waals surface area (Å²) in [6, 6.07) is 0.764. The topological polar surface area (TPSA) is 30.5 Å². The molecule has 0 bridgehead atoms. The Morgan fingerprint density at radius 1 is 1.33 bits per heavy atom. The standard InChI is InChI=1S/C15H29NO2/c1-12-5-4-8-15(9-12,11-16-14-6-7-14)18-13(2)10-17-3/h12-14,16H,4-11H2,1-3H3. The second-order valence-electron chi connectivity index (χ2n) is 6.42. The predicted molar refractivity (Wildman–Crippen MR) is 73.8 cm³/mol. The molecular formula is C15H29NO2. The third kappa shape index (κ3) is 4.22. The smallest absolute Gasteiger partial charge is 0.0813 e. The van der Waals surface area contributed by atoms with Crippen molar-refractivity contribution in [3.8, 4) is 0 Å². The van der Waals surface area contributed by atoms with Gasteiger partial charge in [0.2, 0.25) is 0 Å². The van der Waals surface area contributed by atoms with Gasteiger partial charge in [-0.05, 0) is 38.5 Å². The van der Waals surface area contributed by atoms with E-state index in [-0.39, 0.29) is 11.7 Å². The Bertz CT molecular complexity index is 255. The van der Waals surface area contributed by atoms with E-state index in [1.54, 1.807) is 7.11 Å². The minimum absolute atomic E-state index is 0.0538. The summed E-state index contributed by atoms with van der Waals surface area (Å²) in [6.07, 6.45) is 7.94. The van der Waals surface area contributed by atoms with E-state index in [4.69, 9.17) is 9.47 Å². The minimum Gasteiger partial charge on any atom is -0.382 e. The maximum Gasteiger partial charge on any atom is 0.0813 e. The van der Waals surface area contributed by atoms with Gasteiger partial charge in [-0.15, -0.1) is 0 Å². The number of rotatable bonds is 7. The molecule has 2 rings (SSSR count). The monoisotopic (exact) mass is 255 g/mol. The number of ether oxygens (including phenoxy) is 2. The Hall–Kier alpha value is -0.120. The van der Waals surface area contributed by atoms with E-state index in [1.807, 2.05) is 0 Å². The molecule has 18 heavy (non-hydrogen) atoms. The van der Waals surface area contributed by atoms with Crippen LogP contribution in [0.25, 0.3) is 0 Å². The quantitative estimate of drug-likeness (QED) is 0.759. The normalized spacial score (nSPS) is 34.5. The van der Waals surface area contributed by atoms with Crippen molar-refractivity contribution in [2.45, 2.75) is 70.1 Å². The van der Waals surface area contributed by atoms with Crippen LogP contribution in [0.15, 0.2) is 0 Å². The van der Waals surface area contributed by atoms with Crippen molar-refractivity contribution in [3.05, 3.63) is 0 Å². The van der Waals surface area contributed by atoms with Crippen molar-refractivity contribution in [1.29, 1.82) is 0 Å².